The Hall–Kier alpha value is -3.71. The smallest absolute Gasteiger partial charge is 0.307 e. The van der Waals surface area contributed by atoms with Gasteiger partial charge in [0.05, 0.1) is 28.2 Å². The number of benzene rings is 3. The van der Waals surface area contributed by atoms with E-state index >= 15 is 0 Å². The molecule has 3 aromatic carbocycles. The molecule has 1 aliphatic carbocycles. The molecule has 192 valence electrons. The molecule has 0 amide bonds. The molecule has 0 spiro atoms. The summed E-state index contributed by atoms with van der Waals surface area (Å²) >= 11 is 3.51. The lowest BCUT2D eigenvalue weighted by molar-refractivity contribution is -0.143. The van der Waals surface area contributed by atoms with Gasteiger partial charge in [0.1, 0.15) is 18.2 Å². The lowest BCUT2D eigenvalue weighted by Gasteiger charge is -2.28. The molecule has 1 fully saturated rings. The average Bonchev–Trinajstić information content (AvgIpc) is 3.30. The number of para-hydroxylation sites is 1. The van der Waals surface area contributed by atoms with E-state index in [2.05, 4.69) is 38.7 Å². The van der Waals surface area contributed by atoms with Crippen molar-refractivity contribution in [3.8, 4) is 5.75 Å². The number of pyridine rings is 1. The molecule has 0 unspecified atom stereocenters. The molecule has 2 heterocycles. The third-order valence-corrected chi connectivity index (χ3v) is 7.99. The van der Waals surface area contributed by atoms with Crippen molar-refractivity contribution in [2.45, 2.75) is 44.8 Å². The Kier molecular flexibility index (Phi) is 6.85. The maximum atomic E-state index is 12.1. The Morgan fingerprint density at radius 1 is 0.947 bits per heavy atom. The lowest BCUT2D eigenvalue weighted by atomic mass is 9.78. The van der Waals surface area contributed by atoms with Gasteiger partial charge in [0, 0.05) is 28.4 Å². The molecular weight excluding hydrogens is 542 g/mol. The molecular formula is C31H28BrN3O3. The molecule has 6 rings (SSSR count). The number of aliphatic carboxylic acids is 1. The van der Waals surface area contributed by atoms with Crippen molar-refractivity contribution in [1.82, 2.24) is 14.5 Å². The van der Waals surface area contributed by atoms with E-state index in [1.165, 1.54) is 0 Å². The van der Waals surface area contributed by atoms with Crippen LogP contribution in [0.15, 0.2) is 83.3 Å². The molecule has 0 bridgehead atoms. The van der Waals surface area contributed by atoms with E-state index in [0.717, 1.165) is 62.8 Å². The fraction of sp³-hybridized carbons (Fsp3) is 0.258. The van der Waals surface area contributed by atoms with E-state index in [1.54, 1.807) is 0 Å². The standard InChI is InChI=1S/C31H28BrN3O3/c32-22-12-9-20(10-13-22)18-35-29-16-15-24(38-19-23-14-11-21-5-1-4-8-27(21)33-23)17-28(29)34-30(35)25-6-2-3-7-26(25)31(36)37/h1,4-5,8-17,25-26H,2-3,6-7,18-19H2,(H,36,37)/t25-,26-/m1/s1. The number of nitrogens with zero attached hydrogens (tertiary/aromatic N) is 3. The minimum atomic E-state index is -0.733. The van der Waals surface area contributed by atoms with Crippen LogP contribution in [-0.2, 0) is 17.9 Å². The van der Waals surface area contributed by atoms with Crippen LogP contribution in [0.25, 0.3) is 21.9 Å². The summed E-state index contributed by atoms with van der Waals surface area (Å²) in [6.45, 7) is 0.982. The van der Waals surface area contributed by atoms with E-state index in [1.807, 2.05) is 60.7 Å². The van der Waals surface area contributed by atoms with Crippen molar-refractivity contribution in [1.29, 1.82) is 0 Å². The molecule has 38 heavy (non-hydrogen) atoms. The summed E-state index contributed by atoms with van der Waals surface area (Å²) in [6.07, 6.45) is 3.48. The summed E-state index contributed by atoms with van der Waals surface area (Å²) in [5, 5.41) is 11.1. The highest BCUT2D eigenvalue weighted by Crippen LogP contribution is 2.39. The second kappa shape index (κ2) is 10.6. The van der Waals surface area contributed by atoms with Crippen molar-refractivity contribution in [2.75, 3.05) is 0 Å². The van der Waals surface area contributed by atoms with Crippen molar-refractivity contribution in [2.24, 2.45) is 5.92 Å². The normalized spacial score (nSPS) is 17.6. The number of imidazole rings is 1. The van der Waals surface area contributed by atoms with Crippen molar-refractivity contribution < 1.29 is 14.6 Å². The third-order valence-electron chi connectivity index (χ3n) is 7.46. The van der Waals surface area contributed by atoms with E-state index in [9.17, 15) is 9.90 Å². The van der Waals surface area contributed by atoms with E-state index in [-0.39, 0.29) is 5.92 Å². The van der Waals surface area contributed by atoms with Crippen LogP contribution in [0.2, 0.25) is 0 Å². The van der Waals surface area contributed by atoms with Crippen molar-refractivity contribution in [3.63, 3.8) is 0 Å². The van der Waals surface area contributed by atoms with Gasteiger partial charge in [0.25, 0.3) is 0 Å². The van der Waals surface area contributed by atoms with Crippen molar-refractivity contribution in [3.05, 3.63) is 100 Å². The first-order valence-corrected chi connectivity index (χ1v) is 13.8. The Morgan fingerprint density at radius 3 is 2.61 bits per heavy atom. The van der Waals surface area contributed by atoms with Gasteiger partial charge in [0.15, 0.2) is 0 Å². The van der Waals surface area contributed by atoms with Crippen LogP contribution in [0.5, 0.6) is 5.75 Å². The second-order valence-electron chi connectivity index (χ2n) is 9.95. The monoisotopic (exact) mass is 569 g/mol. The van der Waals surface area contributed by atoms with Gasteiger partial charge < -0.3 is 14.4 Å². The van der Waals surface area contributed by atoms with Gasteiger partial charge in [-0.3, -0.25) is 4.79 Å². The van der Waals surface area contributed by atoms with Crippen LogP contribution in [0.3, 0.4) is 0 Å². The molecule has 1 saturated carbocycles. The molecule has 2 aromatic heterocycles. The zero-order chi connectivity index (χ0) is 26.1. The highest BCUT2D eigenvalue weighted by Gasteiger charge is 2.35. The third kappa shape index (κ3) is 5.03. The predicted octanol–water partition coefficient (Wildman–Crippen LogP) is 7.33. The van der Waals surface area contributed by atoms with Crippen LogP contribution >= 0.6 is 15.9 Å². The molecule has 0 aliphatic heterocycles. The van der Waals surface area contributed by atoms with Crippen molar-refractivity contribution >= 4 is 43.8 Å². The number of ether oxygens (including phenoxy) is 1. The zero-order valence-electron chi connectivity index (χ0n) is 20.9. The minimum absolute atomic E-state index is 0.115. The highest BCUT2D eigenvalue weighted by atomic mass is 79.9. The quantitative estimate of drug-likeness (QED) is 0.222. The number of carbonyl (C=O) groups is 1. The first kappa shape index (κ1) is 24.6. The zero-order valence-corrected chi connectivity index (χ0v) is 22.5. The van der Waals surface area contributed by atoms with Gasteiger partial charge in [-0.15, -0.1) is 0 Å². The average molecular weight is 570 g/mol. The highest BCUT2D eigenvalue weighted by molar-refractivity contribution is 9.10. The number of carboxylic acids is 1. The van der Waals surface area contributed by atoms with Gasteiger partial charge >= 0.3 is 5.97 Å². The number of rotatable bonds is 7. The number of hydrogen-bond acceptors (Lipinski definition) is 4. The summed E-state index contributed by atoms with van der Waals surface area (Å²) in [6, 6.07) is 26.3. The summed E-state index contributed by atoms with van der Waals surface area (Å²) in [7, 11) is 0. The lowest BCUT2D eigenvalue weighted by Crippen LogP contribution is -2.27. The first-order valence-electron chi connectivity index (χ1n) is 13.0. The van der Waals surface area contributed by atoms with Crippen LogP contribution < -0.4 is 4.74 Å². The molecule has 1 aliphatic rings. The SMILES string of the molecule is O=C(O)[C@@H]1CCCC[C@H]1c1nc2cc(OCc3ccc4ccccc4n3)ccc2n1Cc1ccc(Br)cc1. The van der Waals surface area contributed by atoms with Crippen LogP contribution in [0, 0.1) is 5.92 Å². The van der Waals surface area contributed by atoms with E-state index < -0.39 is 11.9 Å². The van der Waals surface area contributed by atoms with E-state index in [0.29, 0.717) is 25.3 Å². The molecule has 0 saturated heterocycles. The minimum Gasteiger partial charge on any atom is -0.487 e. The number of hydrogen-bond donors (Lipinski definition) is 1. The van der Waals surface area contributed by atoms with Gasteiger partial charge in [0.2, 0.25) is 0 Å². The summed E-state index contributed by atoms with van der Waals surface area (Å²) in [5.74, 6) is 0.298. The second-order valence-corrected chi connectivity index (χ2v) is 10.9. The summed E-state index contributed by atoms with van der Waals surface area (Å²) in [4.78, 5) is 21.9. The first-order chi connectivity index (χ1) is 18.5. The summed E-state index contributed by atoms with van der Waals surface area (Å²) < 4.78 is 9.34. The molecule has 2 atom stereocenters. The maximum Gasteiger partial charge on any atom is 0.307 e. The fourth-order valence-electron chi connectivity index (χ4n) is 5.52. The van der Waals surface area contributed by atoms with Crippen LogP contribution in [0.1, 0.15) is 48.7 Å². The molecule has 7 heteroatoms. The molecule has 5 aromatic rings. The van der Waals surface area contributed by atoms with Gasteiger partial charge in [-0.1, -0.05) is 65.2 Å². The van der Waals surface area contributed by atoms with Crippen LogP contribution in [0.4, 0.5) is 0 Å². The Labute approximate surface area is 229 Å². The fourth-order valence-corrected chi connectivity index (χ4v) is 5.79. The van der Waals surface area contributed by atoms with E-state index in [4.69, 9.17) is 14.7 Å². The van der Waals surface area contributed by atoms with Gasteiger partial charge in [-0.05, 0) is 54.8 Å². The number of halogens is 1. The Balaban J connectivity index is 1.33. The number of fused-ring (bicyclic) bond motifs is 2. The predicted molar refractivity (Wildman–Crippen MR) is 151 cm³/mol. The Morgan fingerprint density at radius 2 is 1.76 bits per heavy atom. The molecule has 0 radical (unpaired) electrons. The maximum absolute atomic E-state index is 12.1. The largest absolute Gasteiger partial charge is 0.487 e. The molecule has 6 nitrogen and oxygen atoms in total. The number of carboxylic acid groups (broad SMARTS) is 1. The molecule has 1 N–H and O–H groups in total. The topological polar surface area (TPSA) is 77.2 Å². The van der Waals surface area contributed by atoms with Gasteiger partial charge in [-0.2, -0.15) is 0 Å². The number of aromatic nitrogens is 3. The Bertz CT molecular complexity index is 1610. The summed E-state index contributed by atoms with van der Waals surface area (Å²) in [5.41, 5.74) is 4.74. The van der Waals surface area contributed by atoms with Crippen LogP contribution in [-0.4, -0.2) is 25.6 Å². The van der Waals surface area contributed by atoms with Gasteiger partial charge in [-0.25, -0.2) is 9.97 Å².